The van der Waals surface area contributed by atoms with Gasteiger partial charge in [-0.3, -0.25) is 10.2 Å². The molecule has 0 spiro atoms. The Kier molecular flexibility index (Phi) is 9.05. The lowest BCUT2D eigenvalue weighted by Gasteiger charge is -2.35. The number of likely N-dealkylation sites (tertiary alicyclic amines) is 1. The van der Waals surface area contributed by atoms with E-state index in [4.69, 9.17) is 4.74 Å². The molecule has 0 aliphatic carbocycles. The van der Waals surface area contributed by atoms with E-state index in [9.17, 15) is 4.79 Å². The highest BCUT2D eigenvalue weighted by atomic mass is 16.6. The highest BCUT2D eigenvalue weighted by Gasteiger charge is 2.24. The van der Waals surface area contributed by atoms with Crippen molar-refractivity contribution in [1.82, 2.24) is 9.80 Å². The molecule has 0 aromatic heterocycles. The largest absolute Gasteiger partial charge is 0.446 e. The molecule has 0 atom stereocenters. The van der Waals surface area contributed by atoms with Gasteiger partial charge in [0.05, 0.1) is 11.7 Å². The van der Waals surface area contributed by atoms with E-state index in [0.29, 0.717) is 0 Å². The van der Waals surface area contributed by atoms with Gasteiger partial charge in [-0.05, 0) is 42.6 Å². The van der Waals surface area contributed by atoms with Crippen LogP contribution in [-0.2, 0) is 4.74 Å². The molecule has 200 valence electrons. The number of benzene rings is 4. The first-order valence-electron chi connectivity index (χ1n) is 13.8. The summed E-state index contributed by atoms with van der Waals surface area (Å²) >= 11 is 0. The van der Waals surface area contributed by atoms with Crippen LogP contribution in [0.15, 0.2) is 115 Å². The molecule has 5 nitrogen and oxygen atoms in total. The van der Waals surface area contributed by atoms with Crippen molar-refractivity contribution in [3.63, 3.8) is 0 Å². The number of nitrogens with zero attached hydrogens (tertiary/aromatic N) is 2. The number of anilines is 1. The molecule has 1 amide bonds. The highest BCUT2D eigenvalue weighted by Crippen LogP contribution is 2.29. The van der Waals surface area contributed by atoms with E-state index in [0.717, 1.165) is 55.8 Å². The molecule has 1 aliphatic heterocycles. The van der Waals surface area contributed by atoms with Crippen LogP contribution in [0.4, 0.5) is 10.5 Å². The highest BCUT2D eigenvalue weighted by molar-refractivity contribution is 5.91. The molecule has 1 heterocycles. The lowest BCUT2D eigenvalue weighted by molar-refractivity contribution is 0.0556. The second-order valence-corrected chi connectivity index (χ2v) is 10.2. The number of rotatable bonds is 9. The minimum Gasteiger partial charge on any atom is -0.446 e. The Morgan fingerprint density at radius 2 is 1.36 bits per heavy atom. The number of para-hydroxylation sites is 1. The van der Waals surface area contributed by atoms with Crippen LogP contribution in [0, 0.1) is 0 Å². The van der Waals surface area contributed by atoms with Crippen LogP contribution >= 0.6 is 0 Å². The third-order valence-corrected chi connectivity index (χ3v) is 7.50. The Morgan fingerprint density at radius 3 is 1.97 bits per heavy atom. The number of amides is 1. The predicted octanol–water partition coefficient (Wildman–Crippen LogP) is 7.09. The molecule has 1 fully saturated rings. The first-order valence-corrected chi connectivity index (χ1v) is 13.8. The summed E-state index contributed by atoms with van der Waals surface area (Å²) in [6.45, 7) is 3.79. The van der Waals surface area contributed by atoms with Gasteiger partial charge >= 0.3 is 6.09 Å². The minimum absolute atomic E-state index is 0.0655. The van der Waals surface area contributed by atoms with Crippen molar-refractivity contribution in [2.24, 2.45) is 0 Å². The number of carbonyl (C=O) groups excluding carboxylic acids is 1. The van der Waals surface area contributed by atoms with Gasteiger partial charge in [0.15, 0.2) is 0 Å². The van der Waals surface area contributed by atoms with Crippen molar-refractivity contribution in [1.29, 1.82) is 0 Å². The van der Waals surface area contributed by atoms with E-state index < -0.39 is 0 Å². The van der Waals surface area contributed by atoms with Gasteiger partial charge in [0.25, 0.3) is 0 Å². The molecule has 0 unspecified atom stereocenters. The number of carbonyl (C=O) groups is 1. The molecule has 0 saturated carbocycles. The van der Waals surface area contributed by atoms with Crippen LogP contribution in [0.3, 0.4) is 0 Å². The standard InChI is InChI=1S/C34H37N3O2/c1-36(33(28-15-7-3-8-16-28)29-17-9-4-10-18-29)25-26-37-23-21-30(22-24-37)39-34(38)35-32-20-12-11-19-31(32)27-13-5-2-6-14-27/h2-20,30,33H,21-26H2,1H3,(H,35,38). The SMILES string of the molecule is CN(CCN1CCC(OC(=O)Nc2ccccc2-c2ccccc2)CC1)C(c1ccccc1)c1ccccc1. The van der Waals surface area contributed by atoms with Gasteiger partial charge in [-0.2, -0.15) is 0 Å². The molecule has 1 aliphatic rings. The second kappa shape index (κ2) is 13.2. The first-order chi connectivity index (χ1) is 19.2. The average molecular weight is 520 g/mol. The number of piperidine rings is 1. The van der Waals surface area contributed by atoms with E-state index in [-0.39, 0.29) is 18.2 Å². The van der Waals surface area contributed by atoms with Crippen LogP contribution in [-0.4, -0.2) is 55.2 Å². The van der Waals surface area contributed by atoms with E-state index in [1.54, 1.807) is 0 Å². The van der Waals surface area contributed by atoms with Crippen molar-refractivity contribution >= 4 is 11.8 Å². The van der Waals surface area contributed by atoms with Gasteiger partial charge in [-0.15, -0.1) is 0 Å². The van der Waals surface area contributed by atoms with Crippen molar-refractivity contribution in [2.75, 3.05) is 38.5 Å². The van der Waals surface area contributed by atoms with Gasteiger partial charge in [0.2, 0.25) is 0 Å². The fraction of sp³-hybridized carbons (Fsp3) is 0.265. The third kappa shape index (κ3) is 7.14. The number of hydrogen-bond donors (Lipinski definition) is 1. The van der Waals surface area contributed by atoms with E-state index in [2.05, 4.69) is 82.8 Å². The van der Waals surface area contributed by atoms with E-state index >= 15 is 0 Å². The monoisotopic (exact) mass is 519 g/mol. The van der Waals surface area contributed by atoms with Crippen molar-refractivity contribution < 1.29 is 9.53 Å². The van der Waals surface area contributed by atoms with Crippen LogP contribution in [0.2, 0.25) is 0 Å². The summed E-state index contributed by atoms with van der Waals surface area (Å²) in [5.41, 5.74) is 5.42. The second-order valence-electron chi connectivity index (χ2n) is 10.2. The van der Waals surface area contributed by atoms with Crippen LogP contribution in [0.25, 0.3) is 11.1 Å². The smallest absolute Gasteiger partial charge is 0.411 e. The van der Waals surface area contributed by atoms with Gasteiger partial charge in [-0.1, -0.05) is 109 Å². The lowest BCUT2D eigenvalue weighted by Crippen LogP contribution is -2.42. The lowest BCUT2D eigenvalue weighted by atomic mass is 9.97. The summed E-state index contributed by atoms with van der Waals surface area (Å²) in [7, 11) is 2.21. The van der Waals surface area contributed by atoms with Gasteiger partial charge in [0.1, 0.15) is 6.10 Å². The molecule has 1 saturated heterocycles. The van der Waals surface area contributed by atoms with Crippen LogP contribution in [0.5, 0.6) is 0 Å². The zero-order chi connectivity index (χ0) is 26.9. The Morgan fingerprint density at radius 1 is 0.821 bits per heavy atom. The quantitative estimate of drug-likeness (QED) is 0.256. The zero-order valence-electron chi connectivity index (χ0n) is 22.6. The molecule has 4 aromatic rings. The Bertz CT molecular complexity index is 1270. The molecule has 4 aromatic carbocycles. The molecule has 0 radical (unpaired) electrons. The third-order valence-electron chi connectivity index (χ3n) is 7.50. The van der Waals surface area contributed by atoms with Crippen molar-refractivity contribution in [3.8, 4) is 11.1 Å². The summed E-state index contributed by atoms with van der Waals surface area (Å²) in [5.74, 6) is 0. The van der Waals surface area contributed by atoms with Crippen LogP contribution in [0.1, 0.15) is 30.0 Å². The van der Waals surface area contributed by atoms with Crippen LogP contribution < -0.4 is 5.32 Å². The fourth-order valence-corrected chi connectivity index (χ4v) is 5.40. The van der Waals surface area contributed by atoms with Gasteiger partial charge < -0.3 is 9.64 Å². The average Bonchev–Trinajstić information content (AvgIpc) is 2.99. The Balaban J connectivity index is 1.11. The zero-order valence-corrected chi connectivity index (χ0v) is 22.6. The van der Waals surface area contributed by atoms with E-state index in [1.807, 2.05) is 54.6 Å². The molecule has 1 N–H and O–H groups in total. The fourth-order valence-electron chi connectivity index (χ4n) is 5.40. The topological polar surface area (TPSA) is 44.8 Å². The van der Waals surface area contributed by atoms with Crippen molar-refractivity contribution in [3.05, 3.63) is 126 Å². The summed E-state index contributed by atoms with van der Waals surface area (Å²) in [5, 5.41) is 2.97. The number of nitrogens with one attached hydrogen (secondary N) is 1. The van der Waals surface area contributed by atoms with E-state index in [1.165, 1.54) is 11.1 Å². The molecule has 5 rings (SSSR count). The maximum absolute atomic E-state index is 12.8. The number of hydrogen-bond acceptors (Lipinski definition) is 4. The van der Waals surface area contributed by atoms with Gasteiger partial charge in [0, 0.05) is 31.7 Å². The number of likely N-dealkylation sites (N-methyl/N-ethyl adjacent to an activating group) is 1. The molecule has 0 bridgehead atoms. The minimum atomic E-state index is -0.384. The molecule has 5 heteroatoms. The van der Waals surface area contributed by atoms with Gasteiger partial charge in [-0.25, -0.2) is 4.79 Å². The molecular formula is C34H37N3O2. The normalized spacial score (nSPS) is 14.4. The molecule has 39 heavy (non-hydrogen) atoms. The number of ether oxygens (including phenoxy) is 1. The summed E-state index contributed by atoms with van der Waals surface area (Å²) in [6.07, 6.45) is 1.24. The molecular weight excluding hydrogens is 482 g/mol. The Labute approximate surface area is 232 Å². The first kappa shape index (κ1) is 26.7. The predicted molar refractivity (Wildman–Crippen MR) is 159 cm³/mol. The van der Waals surface area contributed by atoms with Crippen molar-refractivity contribution in [2.45, 2.75) is 25.0 Å². The summed E-state index contributed by atoms with van der Waals surface area (Å²) < 4.78 is 5.83. The summed E-state index contributed by atoms with van der Waals surface area (Å²) in [6, 6.07) is 39.6. The maximum Gasteiger partial charge on any atom is 0.411 e. The Hall–Kier alpha value is -3.93. The summed E-state index contributed by atoms with van der Waals surface area (Å²) in [4.78, 5) is 17.7. The maximum atomic E-state index is 12.8.